The second-order valence-corrected chi connectivity index (χ2v) is 8.37. The van der Waals surface area contributed by atoms with Crippen molar-refractivity contribution in [2.75, 3.05) is 0 Å². The maximum atomic E-state index is 13.8. The fraction of sp³-hybridized carbons (Fsp3) is 0.273. The van der Waals surface area contributed by atoms with E-state index in [4.69, 9.17) is 4.98 Å². The van der Waals surface area contributed by atoms with E-state index in [1.54, 1.807) is 22.2 Å². The van der Waals surface area contributed by atoms with E-state index in [9.17, 15) is 4.79 Å². The van der Waals surface area contributed by atoms with Crippen LogP contribution in [-0.2, 0) is 13.6 Å². The summed E-state index contributed by atoms with van der Waals surface area (Å²) >= 11 is 1.62. The smallest absolute Gasteiger partial charge is 0.255 e. The van der Waals surface area contributed by atoms with Gasteiger partial charge in [0, 0.05) is 19.3 Å². The molecule has 0 saturated heterocycles. The van der Waals surface area contributed by atoms with Gasteiger partial charge in [0.25, 0.3) is 5.91 Å². The summed E-state index contributed by atoms with van der Waals surface area (Å²) in [7, 11) is 1.88. The molecule has 4 aromatic heterocycles. The monoisotopic (exact) mass is 403 g/mol. The number of carbonyl (C=O) groups excluding carboxylic acids is 1. The first kappa shape index (κ1) is 18.0. The molecule has 1 saturated carbocycles. The van der Waals surface area contributed by atoms with Crippen molar-refractivity contribution >= 4 is 28.3 Å². The quantitative estimate of drug-likeness (QED) is 0.501. The van der Waals surface area contributed by atoms with Crippen LogP contribution in [0, 0.1) is 6.92 Å². The number of aromatic nitrogens is 4. The van der Waals surface area contributed by atoms with Crippen molar-refractivity contribution in [1.29, 1.82) is 0 Å². The minimum absolute atomic E-state index is 0.0273. The Bertz CT molecular complexity index is 1180. The molecule has 0 N–H and O–H groups in total. The zero-order valence-electron chi connectivity index (χ0n) is 16.4. The summed E-state index contributed by atoms with van der Waals surface area (Å²) in [6.45, 7) is 2.45. The van der Waals surface area contributed by atoms with Gasteiger partial charge in [0.1, 0.15) is 0 Å². The van der Waals surface area contributed by atoms with Crippen molar-refractivity contribution in [2.24, 2.45) is 7.05 Å². The largest absolute Gasteiger partial charge is 0.330 e. The van der Waals surface area contributed by atoms with Gasteiger partial charge in [-0.25, -0.2) is 4.98 Å². The van der Waals surface area contributed by atoms with Gasteiger partial charge in [-0.2, -0.15) is 5.10 Å². The van der Waals surface area contributed by atoms with Crippen molar-refractivity contribution < 1.29 is 4.79 Å². The molecule has 0 aromatic carbocycles. The Morgan fingerprint density at radius 3 is 2.83 bits per heavy atom. The SMILES string of the molecule is Cc1nn(C)c2nc(-c3cccs3)cc(C(=O)N(Cc3ccccn3)C3CC3)c12. The predicted octanol–water partition coefficient (Wildman–Crippen LogP) is 4.21. The van der Waals surface area contributed by atoms with Gasteiger partial charge >= 0.3 is 0 Å². The van der Waals surface area contributed by atoms with Gasteiger partial charge in [0.15, 0.2) is 5.65 Å². The fourth-order valence-corrected chi connectivity index (χ4v) is 4.42. The number of rotatable bonds is 5. The molecule has 0 radical (unpaired) electrons. The first-order valence-electron chi connectivity index (χ1n) is 9.71. The summed E-state index contributed by atoms with van der Waals surface area (Å²) in [6.07, 6.45) is 3.85. The van der Waals surface area contributed by atoms with Crippen LogP contribution in [0.4, 0.5) is 0 Å². The molecule has 0 unspecified atom stereocenters. The van der Waals surface area contributed by atoms with E-state index in [0.29, 0.717) is 12.1 Å². The number of hydrogen-bond donors (Lipinski definition) is 0. The first-order chi connectivity index (χ1) is 14.1. The summed E-state index contributed by atoms with van der Waals surface area (Å²) in [5.41, 5.74) is 3.95. The fourth-order valence-electron chi connectivity index (χ4n) is 3.74. The molecule has 0 bridgehead atoms. The number of aryl methyl sites for hydroxylation is 2. The number of pyridine rings is 2. The molecular formula is C22H21N5OS. The molecule has 4 heterocycles. The summed E-state index contributed by atoms with van der Waals surface area (Å²) < 4.78 is 1.76. The van der Waals surface area contributed by atoms with Crippen molar-refractivity contribution in [2.45, 2.75) is 32.4 Å². The highest BCUT2D eigenvalue weighted by Gasteiger charge is 2.35. The minimum atomic E-state index is 0.0273. The highest BCUT2D eigenvalue weighted by Crippen LogP contribution is 2.34. The van der Waals surface area contributed by atoms with E-state index in [0.717, 1.165) is 45.8 Å². The van der Waals surface area contributed by atoms with Gasteiger partial charge in [0.2, 0.25) is 0 Å². The van der Waals surface area contributed by atoms with Crippen LogP contribution in [0.2, 0.25) is 0 Å². The average Bonchev–Trinajstić information content (AvgIpc) is 3.34. The van der Waals surface area contributed by atoms with E-state index in [1.807, 2.05) is 60.6 Å². The van der Waals surface area contributed by atoms with Crippen LogP contribution in [-0.4, -0.2) is 36.6 Å². The zero-order chi connectivity index (χ0) is 20.0. The van der Waals surface area contributed by atoms with Crippen LogP contribution in [0.25, 0.3) is 21.6 Å². The standard InChI is InChI=1S/C22H21N5OS/c1-14-20-17(12-18(19-7-5-11-29-19)24-21(20)26(2)25-14)22(28)27(16-8-9-16)13-15-6-3-4-10-23-15/h3-7,10-12,16H,8-9,13H2,1-2H3. The van der Waals surface area contributed by atoms with E-state index in [-0.39, 0.29) is 11.9 Å². The first-order valence-corrected chi connectivity index (χ1v) is 10.6. The zero-order valence-corrected chi connectivity index (χ0v) is 17.2. The Hall–Kier alpha value is -3.06. The van der Waals surface area contributed by atoms with E-state index < -0.39 is 0 Å². The van der Waals surface area contributed by atoms with Gasteiger partial charge < -0.3 is 4.90 Å². The molecular weight excluding hydrogens is 382 g/mol. The van der Waals surface area contributed by atoms with E-state index >= 15 is 0 Å². The predicted molar refractivity (Wildman–Crippen MR) is 114 cm³/mol. The summed E-state index contributed by atoms with van der Waals surface area (Å²) in [5, 5.41) is 7.39. The normalized spacial score (nSPS) is 13.7. The molecule has 4 aromatic rings. The van der Waals surface area contributed by atoms with Gasteiger partial charge in [-0.05, 0) is 49.4 Å². The van der Waals surface area contributed by atoms with Gasteiger partial charge in [-0.15, -0.1) is 11.3 Å². The van der Waals surface area contributed by atoms with Crippen LogP contribution in [0.3, 0.4) is 0 Å². The molecule has 146 valence electrons. The third-order valence-corrected chi connectivity index (χ3v) is 6.17. The second-order valence-electron chi connectivity index (χ2n) is 7.43. The lowest BCUT2D eigenvalue weighted by atomic mass is 10.1. The molecule has 0 spiro atoms. The van der Waals surface area contributed by atoms with Crippen molar-refractivity contribution in [1.82, 2.24) is 24.6 Å². The Balaban J connectivity index is 1.63. The van der Waals surface area contributed by atoms with Crippen molar-refractivity contribution in [3.63, 3.8) is 0 Å². The number of fused-ring (bicyclic) bond motifs is 1. The topological polar surface area (TPSA) is 63.9 Å². The lowest BCUT2D eigenvalue weighted by molar-refractivity contribution is 0.0729. The van der Waals surface area contributed by atoms with Crippen molar-refractivity contribution in [3.8, 4) is 10.6 Å². The Morgan fingerprint density at radius 1 is 1.28 bits per heavy atom. The number of nitrogens with zero attached hydrogens (tertiary/aromatic N) is 5. The van der Waals surface area contributed by atoms with Gasteiger partial charge in [-0.1, -0.05) is 12.1 Å². The molecule has 29 heavy (non-hydrogen) atoms. The summed E-state index contributed by atoms with van der Waals surface area (Å²) in [4.78, 5) is 26.0. The number of amides is 1. The van der Waals surface area contributed by atoms with Crippen LogP contribution >= 0.6 is 11.3 Å². The third-order valence-electron chi connectivity index (χ3n) is 5.28. The van der Waals surface area contributed by atoms with Crippen LogP contribution in [0.5, 0.6) is 0 Å². The van der Waals surface area contributed by atoms with Crippen LogP contribution in [0.15, 0.2) is 48.0 Å². The molecule has 0 aliphatic heterocycles. The Kier molecular flexibility index (Phi) is 4.39. The lowest BCUT2D eigenvalue weighted by Gasteiger charge is -2.23. The van der Waals surface area contributed by atoms with Gasteiger partial charge in [0.05, 0.1) is 39.5 Å². The minimum Gasteiger partial charge on any atom is -0.330 e. The Labute approximate surface area is 172 Å². The highest BCUT2D eigenvalue weighted by atomic mass is 32.1. The maximum Gasteiger partial charge on any atom is 0.255 e. The van der Waals surface area contributed by atoms with Crippen molar-refractivity contribution in [3.05, 3.63) is 64.9 Å². The number of thiophene rings is 1. The third kappa shape index (κ3) is 3.31. The van der Waals surface area contributed by atoms with E-state index in [1.165, 1.54) is 0 Å². The molecule has 6 nitrogen and oxygen atoms in total. The maximum absolute atomic E-state index is 13.8. The van der Waals surface area contributed by atoms with E-state index in [2.05, 4.69) is 10.1 Å². The Morgan fingerprint density at radius 2 is 2.14 bits per heavy atom. The molecule has 7 heteroatoms. The lowest BCUT2D eigenvalue weighted by Crippen LogP contribution is -2.33. The highest BCUT2D eigenvalue weighted by molar-refractivity contribution is 7.13. The molecule has 0 atom stereocenters. The molecule has 1 fully saturated rings. The average molecular weight is 404 g/mol. The summed E-state index contributed by atoms with van der Waals surface area (Å²) in [5.74, 6) is 0.0273. The molecule has 1 amide bonds. The second kappa shape index (κ2) is 7.08. The molecule has 5 rings (SSSR count). The number of carbonyl (C=O) groups is 1. The van der Waals surface area contributed by atoms with Crippen LogP contribution < -0.4 is 0 Å². The summed E-state index contributed by atoms with van der Waals surface area (Å²) in [6, 6.07) is 12.1. The number of hydrogen-bond acceptors (Lipinski definition) is 5. The molecule has 1 aliphatic rings. The molecule has 1 aliphatic carbocycles. The van der Waals surface area contributed by atoms with Crippen LogP contribution in [0.1, 0.15) is 34.6 Å². The van der Waals surface area contributed by atoms with Gasteiger partial charge in [-0.3, -0.25) is 14.5 Å².